The molecule has 132 valence electrons. The smallest absolute Gasteiger partial charge is 0.261 e. The molecular formula is C19H27NO4. The second-order valence-electron chi connectivity index (χ2n) is 5.95. The van der Waals surface area contributed by atoms with Crippen LogP contribution in [0.25, 0.3) is 0 Å². The lowest BCUT2D eigenvalue weighted by Crippen LogP contribution is -2.33. The molecule has 1 aromatic carbocycles. The van der Waals surface area contributed by atoms with Crippen LogP contribution >= 0.6 is 0 Å². The van der Waals surface area contributed by atoms with Crippen molar-refractivity contribution in [1.82, 2.24) is 4.90 Å². The van der Waals surface area contributed by atoms with E-state index in [9.17, 15) is 9.59 Å². The summed E-state index contributed by atoms with van der Waals surface area (Å²) in [6.45, 7) is 4.63. The summed E-state index contributed by atoms with van der Waals surface area (Å²) in [5, 5.41) is 0. The molecule has 0 radical (unpaired) electrons. The van der Waals surface area contributed by atoms with Crippen LogP contribution in [0.2, 0.25) is 0 Å². The molecule has 24 heavy (non-hydrogen) atoms. The Labute approximate surface area is 143 Å². The van der Waals surface area contributed by atoms with Crippen molar-refractivity contribution in [2.75, 3.05) is 33.0 Å². The van der Waals surface area contributed by atoms with Gasteiger partial charge in [0.05, 0.1) is 37.5 Å². The molecule has 0 unspecified atom stereocenters. The van der Waals surface area contributed by atoms with Gasteiger partial charge in [0.2, 0.25) is 0 Å². The average Bonchev–Trinajstić information content (AvgIpc) is 2.84. The van der Waals surface area contributed by atoms with Crippen molar-refractivity contribution in [2.45, 2.75) is 39.0 Å². The Balaban J connectivity index is 1.53. The van der Waals surface area contributed by atoms with Gasteiger partial charge in [0.1, 0.15) is 0 Å². The molecule has 5 nitrogen and oxygen atoms in total. The average molecular weight is 333 g/mol. The minimum Gasteiger partial charge on any atom is -0.379 e. The van der Waals surface area contributed by atoms with Crippen LogP contribution in [-0.4, -0.2) is 49.7 Å². The molecule has 5 heteroatoms. The molecule has 0 aliphatic carbocycles. The van der Waals surface area contributed by atoms with Crippen LogP contribution in [0.5, 0.6) is 0 Å². The lowest BCUT2D eigenvalue weighted by Gasteiger charge is -2.13. The number of imide groups is 1. The number of unbranched alkanes of at least 4 members (excludes halogenated alkanes) is 4. The lowest BCUT2D eigenvalue weighted by atomic mass is 10.1. The highest BCUT2D eigenvalue weighted by atomic mass is 16.5. The van der Waals surface area contributed by atoms with Crippen LogP contribution in [-0.2, 0) is 9.47 Å². The van der Waals surface area contributed by atoms with Crippen LogP contribution in [0.4, 0.5) is 0 Å². The van der Waals surface area contributed by atoms with E-state index < -0.39 is 0 Å². The molecule has 0 bridgehead atoms. The van der Waals surface area contributed by atoms with E-state index in [1.54, 1.807) is 24.3 Å². The maximum Gasteiger partial charge on any atom is 0.261 e. The van der Waals surface area contributed by atoms with E-state index in [1.807, 2.05) is 0 Å². The third-order valence-corrected chi connectivity index (χ3v) is 4.10. The van der Waals surface area contributed by atoms with Gasteiger partial charge in [-0.2, -0.15) is 0 Å². The van der Waals surface area contributed by atoms with Crippen LogP contribution < -0.4 is 0 Å². The van der Waals surface area contributed by atoms with Gasteiger partial charge in [-0.15, -0.1) is 0 Å². The van der Waals surface area contributed by atoms with Crippen LogP contribution in [0.15, 0.2) is 24.3 Å². The van der Waals surface area contributed by atoms with E-state index >= 15 is 0 Å². The molecule has 0 atom stereocenters. The minimum atomic E-state index is -0.234. The maximum atomic E-state index is 12.1. The highest BCUT2D eigenvalue weighted by Crippen LogP contribution is 2.21. The molecule has 0 spiro atoms. The van der Waals surface area contributed by atoms with Gasteiger partial charge in [-0.1, -0.05) is 44.7 Å². The third kappa shape index (κ3) is 5.14. The molecule has 1 aromatic rings. The highest BCUT2D eigenvalue weighted by Gasteiger charge is 2.34. The first-order valence-electron chi connectivity index (χ1n) is 8.86. The molecule has 1 heterocycles. The predicted octanol–water partition coefficient (Wildman–Crippen LogP) is 3.29. The molecule has 0 N–H and O–H groups in total. The fourth-order valence-electron chi connectivity index (χ4n) is 2.73. The number of rotatable bonds is 12. The summed E-state index contributed by atoms with van der Waals surface area (Å²) in [6.07, 6.45) is 6.13. The zero-order chi connectivity index (χ0) is 17.2. The van der Waals surface area contributed by atoms with E-state index in [0.717, 1.165) is 13.0 Å². The normalized spacial score (nSPS) is 13.6. The van der Waals surface area contributed by atoms with Gasteiger partial charge in [0.25, 0.3) is 11.8 Å². The Morgan fingerprint density at radius 3 is 2.00 bits per heavy atom. The standard InChI is InChI=1S/C19H27NO4/c1-2-3-4-5-8-12-23-14-15-24-13-11-20-18(21)16-9-6-7-10-17(16)19(20)22/h6-7,9-10H,2-5,8,11-15H2,1H3. The van der Waals surface area contributed by atoms with Crippen molar-refractivity contribution >= 4 is 11.8 Å². The molecular weight excluding hydrogens is 306 g/mol. The molecule has 0 aromatic heterocycles. The first-order valence-corrected chi connectivity index (χ1v) is 8.86. The molecule has 1 aliphatic heterocycles. The predicted molar refractivity (Wildman–Crippen MR) is 92.2 cm³/mol. The van der Waals surface area contributed by atoms with Crippen LogP contribution in [0.3, 0.4) is 0 Å². The first kappa shape index (κ1) is 18.6. The fourth-order valence-corrected chi connectivity index (χ4v) is 2.73. The van der Waals surface area contributed by atoms with Gasteiger partial charge >= 0.3 is 0 Å². The molecule has 0 fully saturated rings. The van der Waals surface area contributed by atoms with E-state index in [4.69, 9.17) is 9.47 Å². The quantitative estimate of drug-likeness (QED) is 0.435. The van der Waals surface area contributed by atoms with Gasteiger partial charge in [-0.05, 0) is 18.6 Å². The molecule has 0 saturated carbocycles. The number of fused-ring (bicyclic) bond motifs is 1. The highest BCUT2D eigenvalue weighted by molar-refractivity contribution is 6.21. The van der Waals surface area contributed by atoms with Crippen molar-refractivity contribution in [2.24, 2.45) is 0 Å². The number of amides is 2. The third-order valence-electron chi connectivity index (χ3n) is 4.10. The zero-order valence-electron chi connectivity index (χ0n) is 14.5. The Bertz CT molecular complexity index is 509. The maximum absolute atomic E-state index is 12.1. The van der Waals surface area contributed by atoms with Gasteiger partial charge in [-0.3, -0.25) is 14.5 Å². The molecule has 0 saturated heterocycles. The van der Waals surface area contributed by atoms with E-state index in [1.165, 1.54) is 30.6 Å². The lowest BCUT2D eigenvalue weighted by molar-refractivity contribution is 0.0346. The second kappa shape index (κ2) is 10.2. The Morgan fingerprint density at radius 2 is 1.38 bits per heavy atom. The van der Waals surface area contributed by atoms with E-state index in [-0.39, 0.29) is 18.4 Å². The Hall–Kier alpha value is -1.72. The number of carbonyl (C=O) groups is 2. The van der Waals surface area contributed by atoms with Crippen LogP contribution in [0, 0.1) is 0 Å². The Kier molecular flexibility index (Phi) is 7.92. The van der Waals surface area contributed by atoms with E-state index in [2.05, 4.69) is 6.92 Å². The summed E-state index contributed by atoms with van der Waals surface area (Å²) in [7, 11) is 0. The van der Waals surface area contributed by atoms with E-state index in [0.29, 0.717) is 30.9 Å². The number of ether oxygens (including phenoxy) is 2. The topological polar surface area (TPSA) is 55.8 Å². The van der Waals surface area contributed by atoms with Crippen molar-refractivity contribution in [3.8, 4) is 0 Å². The SMILES string of the molecule is CCCCCCCOCCOCCN1C(=O)c2ccccc2C1=O. The minimum absolute atomic E-state index is 0.234. The summed E-state index contributed by atoms with van der Waals surface area (Å²) in [5.74, 6) is -0.468. The number of nitrogens with zero attached hydrogens (tertiary/aromatic N) is 1. The van der Waals surface area contributed by atoms with Gasteiger partial charge < -0.3 is 9.47 Å². The summed E-state index contributed by atoms with van der Waals surface area (Å²) in [6, 6.07) is 6.91. The van der Waals surface area contributed by atoms with Gasteiger partial charge in [0, 0.05) is 6.61 Å². The largest absolute Gasteiger partial charge is 0.379 e. The molecule has 2 amide bonds. The van der Waals surface area contributed by atoms with Gasteiger partial charge in [-0.25, -0.2) is 0 Å². The molecule has 2 rings (SSSR count). The van der Waals surface area contributed by atoms with Crippen LogP contribution in [0.1, 0.15) is 59.7 Å². The summed E-state index contributed by atoms with van der Waals surface area (Å²) in [5.41, 5.74) is 0.961. The second-order valence-corrected chi connectivity index (χ2v) is 5.95. The summed E-state index contributed by atoms with van der Waals surface area (Å²) < 4.78 is 11.0. The first-order chi connectivity index (χ1) is 11.8. The number of hydrogen-bond donors (Lipinski definition) is 0. The monoisotopic (exact) mass is 333 g/mol. The fraction of sp³-hybridized carbons (Fsp3) is 0.579. The Morgan fingerprint density at radius 1 is 0.792 bits per heavy atom. The van der Waals surface area contributed by atoms with Crippen molar-refractivity contribution in [3.05, 3.63) is 35.4 Å². The van der Waals surface area contributed by atoms with Crippen molar-refractivity contribution < 1.29 is 19.1 Å². The summed E-state index contributed by atoms with van der Waals surface area (Å²) in [4.78, 5) is 25.5. The molecule has 1 aliphatic rings. The summed E-state index contributed by atoms with van der Waals surface area (Å²) >= 11 is 0. The van der Waals surface area contributed by atoms with Crippen molar-refractivity contribution in [3.63, 3.8) is 0 Å². The van der Waals surface area contributed by atoms with Crippen molar-refractivity contribution in [1.29, 1.82) is 0 Å². The van der Waals surface area contributed by atoms with Gasteiger partial charge in [0.15, 0.2) is 0 Å². The number of carbonyl (C=O) groups excluding carboxylic acids is 2. The zero-order valence-corrected chi connectivity index (χ0v) is 14.5. The number of benzene rings is 1. The number of hydrogen-bond acceptors (Lipinski definition) is 4.